The van der Waals surface area contributed by atoms with Crippen molar-refractivity contribution in [2.75, 3.05) is 0 Å². The predicted octanol–water partition coefficient (Wildman–Crippen LogP) is 0.970. The molecule has 12 heavy (non-hydrogen) atoms. The summed E-state index contributed by atoms with van der Waals surface area (Å²) in [4.78, 5) is 0. The molecule has 4 nitrogen and oxygen atoms in total. The first-order chi connectivity index (χ1) is 5.59. The van der Waals surface area contributed by atoms with E-state index in [0.29, 0.717) is 0 Å². The number of amidine groups is 1. The van der Waals surface area contributed by atoms with Crippen molar-refractivity contribution in [1.29, 1.82) is 0 Å². The molecule has 1 rings (SSSR count). The summed E-state index contributed by atoms with van der Waals surface area (Å²) in [5, 5.41) is 11.5. The molecule has 0 unspecified atom stereocenters. The number of nitrogens with two attached hydrogens (primary N) is 1. The molecule has 0 saturated heterocycles. The van der Waals surface area contributed by atoms with Gasteiger partial charge in [0.05, 0.1) is 5.54 Å². The van der Waals surface area contributed by atoms with E-state index in [-0.39, 0.29) is 5.84 Å². The van der Waals surface area contributed by atoms with Crippen molar-refractivity contribution in [3.05, 3.63) is 24.5 Å². The molecule has 0 aliphatic heterocycles. The SMILES string of the molecule is CC(C)(C(N)=NO)n1cccc1. The fourth-order valence-electron chi connectivity index (χ4n) is 0.962. The largest absolute Gasteiger partial charge is 0.409 e. The molecule has 0 atom stereocenters. The zero-order valence-electron chi connectivity index (χ0n) is 7.23. The third kappa shape index (κ3) is 1.28. The Morgan fingerprint density at radius 3 is 2.33 bits per heavy atom. The normalized spacial score (nSPS) is 13.3. The minimum Gasteiger partial charge on any atom is -0.409 e. The molecule has 1 aromatic rings. The summed E-state index contributed by atoms with van der Waals surface area (Å²) in [6.45, 7) is 3.75. The molecule has 0 amide bonds. The van der Waals surface area contributed by atoms with Crippen molar-refractivity contribution in [3.63, 3.8) is 0 Å². The highest BCUT2D eigenvalue weighted by atomic mass is 16.4. The molecule has 0 saturated carbocycles. The first-order valence-electron chi connectivity index (χ1n) is 3.70. The lowest BCUT2D eigenvalue weighted by atomic mass is 10.0. The molecule has 1 heterocycles. The van der Waals surface area contributed by atoms with Crippen LogP contribution in [0.2, 0.25) is 0 Å². The summed E-state index contributed by atoms with van der Waals surface area (Å²) in [5.74, 6) is 0.193. The van der Waals surface area contributed by atoms with Gasteiger partial charge in [-0.3, -0.25) is 0 Å². The van der Waals surface area contributed by atoms with E-state index in [0.717, 1.165) is 0 Å². The molecule has 0 spiro atoms. The number of hydrogen-bond acceptors (Lipinski definition) is 2. The van der Waals surface area contributed by atoms with Crippen LogP contribution in [0, 0.1) is 0 Å². The fraction of sp³-hybridized carbons (Fsp3) is 0.375. The van der Waals surface area contributed by atoms with Crippen molar-refractivity contribution in [1.82, 2.24) is 4.57 Å². The number of rotatable bonds is 2. The average molecular weight is 167 g/mol. The summed E-state index contributed by atoms with van der Waals surface area (Å²) in [6.07, 6.45) is 3.75. The number of aromatic nitrogens is 1. The van der Waals surface area contributed by atoms with Gasteiger partial charge in [0.2, 0.25) is 0 Å². The Morgan fingerprint density at radius 1 is 1.42 bits per heavy atom. The summed E-state index contributed by atoms with van der Waals surface area (Å²) in [7, 11) is 0. The van der Waals surface area contributed by atoms with Gasteiger partial charge in [0.1, 0.15) is 0 Å². The maximum Gasteiger partial charge on any atom is 0.164 e. The Bertz CT molecular complexity index is 275. The molecular weight excluding hydrogens is 154 g/mol. The number of hydrogen-bond donors (Lipinski definition) is 2. The summed E-state index contributed by atoms with van der Waals surface area (Å²) < 4.78 is 1.88. The van der Waals surface area contributed by atoms with Crippen LogP contribution in [0.15, 0.2) is 29.7 Å². The van der Waals surface area contributed by atoms with Crippen LogP contribution in [0.5, 0.6) is 0 Å². The van der Waals surface area contributed by atoms with Gasteiger partial charge in [-0.05, 0) is 26.0 Å². The average Bonchev–Trinajstić information content (AvgIpc) is 2.55. The van der Waals surface area contributed by atoms with Gasteiger partial charge in [-0.25, -0.2) is 0 Å². The Morgan fingerprint density at radius 2 is 1.92 bits per heavy atom. The van der Waals surface area contributed by atoms with E-state index in [1.54, 1.807) is 0 Å². The van der Waals surface area contributed by atoms with E-state index in [4.69, 9.17) is 10.9 Å². The summed E-state index contributed by atoms with van der Waals surface area (Å²) in [5.41, 5.74) is 5.05. The van der Waals surface area contributed by atoms with Crippen LogP contribution >= 0.6 is 0 Å². The highest BCUT2D eigenvalue weighted by Gasteiger charge is 2.24. The van der Waals surface area contributed by atoms with Crippen LogP contribution in [-0.4, -0.2) is 15.6 Å². The first kappa shape index (κ1) is 8.64. The quantitative estimate of drug-likeness (QED) is 0.298. The van der Waals surface area contributed by atoms with Gasteiger partial charge in [0.15, 0.2) is 5.84 Å². The van der Waals surface area contributed by atoms with Gasteiger partial charge < -0.3 is 15.5 Å². The van der Waals surface area contributed by atoms with Gasteiger partial charge in [-0.1, -0.05) is 5.16 Å². The zero-order chi connectivity index (χ0) is 9.19. The third-order valence-corrected chi connectivity index (χ3v) is 1.98. The van der Waals surface area contributed by atoms with E-state index in [1.807, 2.05) is 42.9 Å². The lowest BCUT2D eigenvalue weighted by molar-refractivity contribution is 0.307. The van der Waals surface area contributed by atoms with Gasteiger partial charge in [0, 0.05) is 12.4 Å². The zero-order valence-corrected chi connectivity index (χ0v) is 7.23. The van der Waals surface area contributed by atoms with E-state index < -0.39 is 5.54 Å². The fourth-order valence-corrected chi connectivity index (χ4v) is 0.962. The monoisotopic (exact) mass is 167 g/mol. The van der Waals surface area contributed by atoms with Gasteiger partial charge in [-0.15, -0.1) is 0 Å². The number of oxime groups is 1. The second kappa shape index (κ2) is 2.89. The van der Waals surface area contributed by atoms with Gasteiger partial charge >= 0.3 is 0 Å². The van der Waals surface area contributed by atoms with Crippen LogP contribution in [-0.2, 0) is 5.54 Å². The second-order valence-corrected chi connectivity index (χ2v) is 3.13. The van der Waals surface area contributed by atoms with E-state index >= 15 is 0 Å². The topological polar surface area (TPSA) is 63.5 Å². The maximum atomic E-state index is 8.52. The third-order valence-electron chi connectivity index (χ3n) is 1.98. The summed E-state index contributed by atoms with van der Waals surface area (Å²) in [6, 6.07) is 3.79. The molecule has 1 aromatic heterocycles. The van der Waals surface area contributed by atoms with Crippen LogP contribution < -0.4 is 5.73 Å². The Kier molecular flexibility index (Phi) is 2.08. The van der Waals surface area contributed by atoms with Crippen molar-refractivity contribution in [2.24, 2.45) is 10.9 Å². The van der Waals surface area contributed by atoms with Crippen molar-refractivity contribution in [2.45, 2.75) is 19.4 Å². The molecule has 0 fully saturated rings. The summed E-state index contributed by atoms with van der Waals surface area (Å²) >= 11 is 0. The Balaban J connectivity index is 3.02. The lowest BCUT2D eigenvalue weighted by Crippen LogP contribution is -2.40. The van der Waals surface area contributed by atoms with E-state index in [1.165, 1.54) is 0 Å². The highest BCUT2D eigenvalue weighted by Crippen LogP contribution is 2.14. The molecule has 66 valence electrons. The molecule has 0 aliphatic rings. The smallest absolute Gasteiger partial charge is 0.164 e. The minimum atomic E-state index is -0.474. The predicted molar refractivity (Wildman–Crippen MR) is 47.2 cm³/mol. The van der Waals surface area contributed by atoms with Crippen molar-refractivity contribution < 1.29 is 5.21 Å². The lowest BCUT2D eigenvalue weighted by Gasteiger charge is -2.24. The molecule has 0 aromatic carbocycles. The Labute approximate surface area is 71.3 Å². The molecule has 0 radical (unpaired) electrons. The van der Waals surface area contributed by atoms with Crippen molar-refractivity contribution in [3.8, 4) is 0 Å². The van der Waals surface area contributed by atoms with Gasteiger partial charge in [0.25, 0.3) is 0 Å². The standard InChI is InChI=1S/C8H13N3O/c1-8(2,7(9)10-12)11-5-3-4-6-11/h3-6,12H,1-2H3,(H2,9,10). The molecule has 0 bridgehead atoms. The maximum absolute atomic E-state index is 8.52. The number of nitrogens with zero attached hydrogens (tertiary/aromatic N) is 2. The molecule has 0 aliphatic carbocycles. The molecule has 3 N–H and O–H groups in total. The van der Waals surface area contributed by atoms with Crippen LogP contribution in [0.4, 0.5) is 0 Å². The van der Waals surface area contributed by atoms with Crippen LogP contribution in [0.1, 0.15) is 13.8 Å². The highest BCUT2D eigenvalue weighted by molar-refractivity contribution is 5.86. The van der Waals surface area contributed by atoms with E-state index in [9.17, 15) is 0 Å². The van der Waals surface area contributed by atoms with Gasteiger partial charge in [-0.2, -0.15) is 0 Å². The van der Waals surface area contributed by atoms with Crippen LogP contribution in [0.25, 0.3) is 0 Å². The Hall–Kier alpha value is -1.45. The second-order valence-electron chi connectivity index (χ2n) is 3.13. The van der Waals surface area contributed by atoms with Crippen LogP contribution in [0.3, 0.4) is 0 Å². The van der Waals surface area contributed by atoms with E-state index in [2.05, 4.69) is 5.16 Å². The van der Waals surface area contributed by atoms with Crippen molar-refractivity contribution >= 4 is 5.84 Å². The molecule has 4 heteroatoms. The first-order valence-corrected chi connectivity index (χ1v) is 3.70. The minimum absolute atomic E-state index is 0.193. The molecular formula is C8H13N3O.